The molecule has 3 nitrogen and oxygen atoms in total. The molecule has 100 valence electrons. The van der Waals surface area contributed by atoms with E-state index in [0.717, 1.165) is 11.3 Å². The Morgan fingerprint density at radius 1 is 1.00 bits per heavy atom. The molecule has 0 spiro atoms. The van der Waals surface area contributed by atoms with Gasteiger partial charge in [0.1, 0.15) is 0 Å². The van der Waals surface area contributed by atoms with Crippen molar-refractivity contribution in [3.05, 3.63) is 66.2 Å². The van der Waals surface area contributed by atoms with Gasteiger partial charge in [-0.2, -0.15) is 0 Å². The predicted octanol–water partition coefficient (Wildman–Crippen LogP) is 3.43. The Morgan fingerprint density at radius 3 is 2.05 bits per heavy atom. The van der Waals surface area contributed by atoms with E-state index in [4.69, 9.17) is 4.74 Å². The van der Waals surface area contributed by atoms with Gasteiger partial charge in [0.25, 0.3) is 0 Å². The molecule has 0 aliphatic carbocycles. The average molecular weight is 278 g/mol. The molecule has 0 saturated heterocycles. The zero-order valence-electron chi connectivity index (χ0n) is 10.6. The van der Waals surface area contributed by atoms with E-state index in [2.05, 4.69) is 5.32 Å². The van der Waals surface area contributed by atoms with Crippen LogP contribution in [0.5, 0.6) is 0 Å². The molecule has 1 unspecified atom stereocenters. The lowest BCUT2D eigenvalue weighted by molar-refractivity contribution is -0.141. The van der Waals surface area contributed by atoms with Gasteiger partial charge >= 0.3 is 5.97 Å². The molecule has 0 radical (unpaired) electrons. The third kappa shape index (κ3) is 4.00. The molecule has 0 bridgehead atoms. The highest BCUT2D eigenvalue weighted by atomic mass is 35.5. The highest BCUT2D eigenvalue weighted by Crippen LogP contribution is 2.20. The first-order valence-corrected chi connectivity index (χ1v) is 5.75. The van der Waals surface area contributed by atoms with Crippen molar-refractivity contribution in [2.75, 3.05) is 12.4 Å². The lowest BCUT2D eigenvalue weighted by Gasteiger charge is -2.17. The van der Waals surface area contributed by atoms with Crippen LogP contribution in [0.3, 0.4) is 0 Å². The molecule has 2 aromatic carbocycles. The number of methoxy groups -OCH3 is 1. The number of carbonyl (C=O) groups excluding carboxylic acids is 1. The molecule has 0 heterocycles. The number of hydrogen-bond acceptors (Lipinski definition) is 3. The Morgan fingerprint density at radius 2 is 1.53 bits per heavy atom. The number of benzene rings is 2. The molecular formula is C15H16ClNO2. The number of carbonyl (C=O) groups is 1. The van der Waals surface area contributed by atoms with Crippen LogP contribution in [0, 0.1) is 0 Å². The van der Waals surface area contributed by atoms with Crippen LogP contribution in [0.25, 0.3) is 0 Å². The second-order valence-electron chi connectivity index (χ2n) is 3.88. The van der Waals surface area contributed by atoms with Crippen molar-refractivity contribution in [3.8, 4) is 0 Å². The van der Waals surface area contributed by atoms with Gasteiger partial charge in [-0.1, -0.05) is 48.5 Å². The van der Waals surface area contributed by atoms with Crippen molar-refractivity contribution >= 4 is 24.1 Å². The minimum Gasteiger partial charge on any atom is -0.467 e. The fourth-order valence-corrected chi connectivity index (χ4v) is 1.74. The molecule has 2 aromatic rings. The van der Waals surface area contributed by atoms with Gasteiger partial charge in [0.05, 0.1) is 7.11 Å². The summed E-state index contributed by atoms with van der Waals surface area (Å²) in [5, 5.41) is 3.17. The zero-order valence-corrected chi connectivity index (χ0v) is 11.4. The quantitative estimate of drug-likeness (QED) is 0.870. The summed E-state index contributed by atoms with van der Waals surface area (Å²) < 4.78 is 4.84. The largest absolute Gasteiger partial charge is 0.467 e. The number of rotatable bonds is 4. The van der Waals surface area contributed by atoms with Crippen molar-refractivity contribution in [3.63, 3.8) is 0 Å². The van der Waals surface area contributed by atoms with Crippen molar-refractivity contribution in [1.82, 2.24) is 0 Å². The van der Waals surface area contributed by atoms with Gasteiger partial charge in [-0.25, -0.2) is 4.79 Å². The number of hydrogen-bond donors (Lipinski definition) is 1. The smallest absolute Gasteiger partial charge is 0.332 e. The minimum atomic E-state index is -0.487. The van der Waals surface area contributed by atoms with E-state index in [9.17, 15) is 4.79 Å². The maximum Gasteiger partial charge on any atom is 0.332 e. The average Bonchev–Trinajstić information content (AvgIpc) is 2.46. The highest BCUT2D eigenvalue weighted by Gasteiger charge is 2.20. The molecule has 1 N–H and O–H groups in total. The molecule has 0 amide bonds. The zero-order chi connectivity index (χ0) is 12.8. The van der Waals surface area contributed by atoms with E-state index in [-0.39, 0.29) is 18.4 Å². The Labute approximate surface area is 119 Å². The lowest BCUT2D eigenvalue weighted by atomic mass is 10.1. The van der Waals surface area contributed by atoms with E-state index in [1.165, 1.54) is 7.11 Å². The molecule has 0 fully saturated rings. The fourth-order valence-electron chi connectivity index (χ4n) is 1.74. The van der Waals surface area contributed by atoms with E-state index < -0.39 is 6.04 Å². The van der Waals surface area contributed by atoms with Crippen LogP contribution in [0.15, 0.2) is 60.7 Å². The molecule has 0 aliphatic heterocycles. The first-order chi connectivity index (χ1) is 8.81. The second kappa shape index (κ2) is 7.44. The van der Waals surface area contributed by atoms with Gasteiger partial charge in [0.2, 0.25) is 0 Å². The first kappa shape index (κ1) is 15.1. The number of anilines is 1. The molecule has 4 heteroatoms. The van der Waals surface area contributed by atoms with Crippen molar-refractivity contribution < 1.29 is 9.53 Å². The topological polar surface area (TPSA) is 38.3 Å². The Bertz CT molecular complexity index is 502. The minimum absolute atomic E-state index is 0. The standard InChI is InChI=1S/C15H15NO2.ClH/c1-18-15(17)14(12-8-4-2-5-9-12)16-13-10-6-3-7-11-13;/h2-11,14,16H,1H3;1H. The maximum atomic E-state index is 11.8. The van der Waals surface area contributed by atoms with Gasteiger partial charge in [-0.3, -0.25) is 0 Å². The molecular weight excluding hydrogens is 262 g/mol. The van der Waals surface area contributed by atoms with Crippen molar-refractivity contribution in [2.24, 2.45) is 0 Å². The van der Waals surface area contributed by atoms with Crippen LogP contribution in [0.4, 0.5) is 5.69 Å². The van der Waals surface area contributed by atoms with Gasteiger partial charge in [0.15, 0.2) is 6.04 Å². The van der Waals surface area contributed by atoms with Crippen molar-refractivity contribution in [2.45, 2.75) is 6.04 Å². The van der Waals surface area contributed by atoms with Gasteiger partial charge in [-0.05, 0) is 17.7 Å². The van der Waals surface area contributed by atoms with E-state index in [0.29, 0.717) is 0 Å². The summed E-state index contributed by atoms with van der Waals surface area (Å²) in [4.78, 5) is 11.8. The Balaban J connectivity index is 0.00000180. The summed E-state index contributed by atoms with van der Waals surface area (Å²) in [6.45, 7) is 0. The highest BCUT2D eigenvalue weighted by molar-refractivity contribution is 5.85. The van der Waals surface area contributed by atoms with E-state index in [1.54, 1.807) is 0 Å². The molecule has 19 heavy (non-hydrogen) atoms. The molecule has 0 aliphatic rings. The summed E-state index contributed by atoms with van der Waals surface area (Å²) in [6.07, 6.45) is 0. The second-order valence-corrected chi connectivity index (χ2v) is 3.88. The Kier molecular flexibility index (Phi) is 5.90. The fraction of sp³-hybridized carbons (Fsp3) is 0.133. The number of nitrogens with one attached hydrogen (secondary N) is 1. The predicted molar refractivity (Wildman–Crippen MR) is 78.5 cm³/mol. The van der Waals surface area contributed by atoms with E-state index >= 15 is 0 Å². The third-order valence-corrected chi connectivity index (χ3v) is 2.65. The van der Waals surface area contributed by atoms with Crippen LogP contribution >= 0.6 is 12.4 Å². The molecule has 0 aromatic heterocycles. The van der Waals surface area contributed by atoms with Crippen LogP contribution in [0.2, 0.25) is 0 Å². The van der Waals surface area contributed by atoms with Gasteiger partial charge in [0, 0.05) is 5.69 Å². The Hall–Kier alpha value is -2.00. The van der Waals surface area contributed by atoms with Crippen LogP contribution < -0.4 is 5.32 Å². The lowest BCUT2D eigenvalue weighted by Crippen LogP contribution is -2.22. The van der Waals surface area contributed by atoms with E-state index in [1.807, 2.05) is 60.7 Å². The number of halogens is 1. The normalized spacial score (nSPS) is 11.0. The molecule has 2 rings (SSSR count). The maximum absolute atomic E-state index is 11.8. The number of para-hydroxylation sites is 1. The van der Waals surface area contributed by atoms with Crippen LogP contribution in [0.1, 0.15) is 11.6 Å². The monoisotopic (exact) mass is 277 g/mol. The molecule has 0 saturated carbocycles. The summed E-state index contributed by atoms with van der Waals surface area (Å²) in [5.74, 6) is -0.301. The summed E-state index contributed by atoms with van der Waals surface area (Å²) >= 11 is 0. The summed E-state index contributed by atoms with van der Waals surface area (Å²) in [5.41, 5.74) is 1.77. The number of ether oxygens (including phenoxy) is 1. The van der Waals surface area contributed by atoms with Gasteiger partial charge in [-0.15, -0.1) is 12.4 Å². The summed E-state index contributed by atoms with van der Waals surface area (Å²) in [7, 11) is 1.39. The van der Waals surface area contributed by atoms with Crippen molar-refractivity contribution in [1.29, 1.82) is 0 Å². The summed E-state index contributed by atoms with van der Waals surface area (Å²) in [6, 6.07) is 18.6. The van der Waals surface area contributed by atoms with Gasteiger partial charge < -0.3 is 10.1 Å². The first-order valence-electron chi connectivity index (χ1n) is 5.75. The molecule has 1 atom stereocenters. The number of esters is 1. The van der Waals surface area contributed by atoms with Crippen LogP contribution in [-0.4, -0.2) is 13.1 Å². The van der Waals surface area contributed by atoms with Crippen LogP contribution in [-0.2, 0) is 9.53 Å². The SMILES string of the molecule is COC(=O)C(Nc1ccccc1)c1ccccc1.Cl. The third-order valence-electron chi connectivity index (χ3n) is 2.65.